The fraction of sp³-hybridized carbons (Fsp3) is 0.0667. The number of benzene rings is 2. The Hall–Kier alpha value is -2.87. The van der Waals surface area contributed by atoms with Crippen molar-refractivity contribution in [3.05, 3.63) is 53.6 Å². The van der Waals surface area contributed by atoms with Gasteiger partial charge in [-0.1, -0.05) is 6.07 Å². The molecule has 3 rings (SSSR count). The number of nitrogens with one attached hydrogen (secondary N) is 1. The lowest BCUT2D eigenvalue weighted by atomic mass is 10.1. The van der Waals surface area contributed by atoms with Crippen LogP contribution in [0.4, 0.5) is 0 Å². The predicted molar refractivity (Wildman–Crippen MR) is 79.0 cm³/mol. The quantitative estimate of drug-likeness (QED) is 0.670. The molecule has 0 aromatic heterocycles. The van der Waals surface area contributed by atoms with Crippen LogP contribution in [0.3, 0.4) is 0 Å². The van der Waals surface area contributed by atoms with Crippen LogP contribution in [0.1, 0.15) is 20.7 Å². The third kappa shape index (κ3) is 2.64. The Morgan fingerprint density at radius 3 is 2.30 bits per heavy atom. The normalized spacial score (nSPS) is 13.4. The first-order valence-corrected chi connectivity index (χ1v) is 7.90. The Labute approximate surface area is 132 Å². The van der Waals surface area contributed by atoms with Crippen molar-refractivity contribution in [2.24, 2.45) is 0 Å². The number of carbonyl (C=O) groups excluding carboxylic acids is 2. The summed E-state index contributed by atoms with van der Waals surface area (Å²) in [7, 11) is -2.69. The van der Waals surface area contributed by atoms with Gasteiger partial charge in [0.25, 0.3) is 11.8 Å². The lowest BCUT2D eigenvalue weighted by molar-refractivity contribution is 0.0879. The van der Waals surface area contributed by atoms with E-state index in [2.05, 4.69) is 5.32 Å². The fourth-order valence-electron chi connectivity index (χ4n) is 2.17. The summed E-state index contributed by atoms with van der Waals surface area (Å²) in [6, 6.07) is 9.77. The standard InChI is InChI=1S/C15H11NO6S/c1-21-9-5-7-10(8-6-9)23(19,20)22-12-4-2-3-11-13(12)15(18)16-14(11)17/h2-8H,1H3,(H,16,17,18). The van der Waals surface area contributed by atoms with Crippen LogP contribution < -0.4 is 14.2 Å². The Kier molecular flexibility index (Phi) is 3.53. The molecule has 23 heavy (non-hydrogen) atoms. The van der Waals surface area contributed by atoms with E-state index in [1.165, 1.54) is 49.6 Å². The van der Waals surface area contributed by atoms with Crippen molar-refractivity contribution < 1.29 is 26.9 Å². The van der Waals surface area contributed by atoms with Crippen LogP contribution in [0.2, 0.25) is 0 Å². The molecule has 0 spiro atoms. The number of carbonyl (C=O) groups is 2. The van der Waals surface area contributed by atoms with E-state index in [-0.39, 0.29) is 21.8 Å². The average molecular weight is 333 g/mol. The second-order valence-electron chi connectivity index (χ2n) is 4.67. The molecule has 2 aromatic rings. The average Bonchev–Trinajstić information content (AvgIpc) is 2.83. The van der Waals surface area contributed by atoms with E-state index in [4.69, 9.17) is 8.92 Å². The highest BCUT2D eigenvalue weighted by molar-refractivity contribution is 7.87. The van der Waals surface area contributed by atoms with Crippen molar-refractivity contribution in [1.29, 1.82) is 0 Å². The van der Waals surface area contributed by atoms with Crippen LogP contribution in [0, 0.1) is 0 Å². The van der Waals surface area contributed by atoms with E-state index in [1.807, 2.05) is 0 Å². The Balaban J connectivity index is 1.99. The van der Waals surface area contributed by atoms with Crippen LogP contribution in [0.5, 0.6) is 11.5 Å². The maximum atomic E-state index is 12.3. The molecule has 1 aliphatic heterocycles. The summed E-state index contributed by atoms with van der Waals surface area (Å²) in [6.45, 7) is 0. The van der Waals surface area contributed by atoms with E-state index in [9.17, 15) is 18.0 Å². The molecule has 0 fully saturated rings. The van der Waals surface area contributed by atoms with Crippen molar-refractivity contribution in [3.8, 4) is 11.5 Å². The third-order valence-electron chi connectivity index (χ3n) is 3.27. The number of amides is 2. The van der Waals surface area contributed by atoms with E-state index in [0.717, 1.165) is 0 Å². The Bertz CT molecular complexity index is 902. The zero-order valence-corrected chi connectivity index (χ0v) is 12.7. The minimum Gasteiger partial charge on any atom is -0.497 e. The van der Waals surface area contributed by atoms with Crippen LogP contribution in [-0.4, -0.2) is 27.3 Å². The van der Waals surface area contributed by atoms with Crippen molar-refractivity contribution in [3.63, 3.8) is 0 Å². The van der Waals surface area contributed by atoms with E-state index in [1.54, 1.807) is 0 Å². The first kappa shape index (κ1) is 15.0. The number of fused-ring (bicyclic) bond motifs is 1. The van der Waals surface area contributed by atoms with Gasteiger partial charge >= 0.3 is 10.1 Å². The number of imide groups is 1. The highest BCUT2D eigenvalue weighted by Crippen LogP contribution is 2.29. The molecule has 0 unspecified atom stereocenters. The molecular weight excluding hydrogens is 322 g/mol. The zero-order chi connectivity index (χ0) is 16.6. The lowest BCUT2D eigenvalue weighted by Crippen LogP contribution is -2.20. The van der Waals surface area contributed by atoms with Gasteiger partial charge in [0.2, 0.25) is 0 Å². The fourth-order valence-corrected chi connectivity index (χ4v) is 3.11. The number of hydrogen-bond acceptors (Lipinski definition) is 6. The summed E-state index contributed by atoms with van der Waals surface area (Å²) in [5.74, 6) is -0.973. The van der Waals surface area contributed by atoms with Gasteiger partial charge in [-0.15, -0.1) is 0 Å². The molecule has 2 aromatic carbocycles. The molecule has 2 amide bonds. The van der Waals surface area contributed by atoms with Gasteiger partial charge in [-0.3, -0.25) is 14.9 Å². The van der Waals surface area contributed by atoms with Crippen molar-refractivity contribution >= 4 is 21.9 Å². The molecule has 0 bridgehead atoms. The van der Waals surface area contributed by atoms with Crippen molar-refractivity contribution in [2.45, 2.75) is 4.90 Å². The van der Waals surface area contributed by atoms with E-state index < -0.39 is 21.9 Å². The molecular formula is C15H11NO6S. The smallest absolute Gasteiger partial charge is 0.339 e. The van der Waals surface area contributed by atoms with Crippen LogP contribution in [0.25, 0.3) is 0 Å². The zero-order valence-electron chi connectivity index (χ0n) is 11.9. The van der Waals surface area contributed by atoms with Crippen LogP contribution in [-0.2, 0) is 10.1 Å². The SMILES string of the molecule is COc1ccc(S(=O)(=O)Oc2cccc3c2C(=O)NC3=O)cc1. The maximum Gasteiger partial charge on any atom is 0.339 e. The third-order valence-corrected chi connectivity index (χ3v) is 4.52. The van der Waals surface area contributed by atoms with Crippen LogP contribution in [0.15, 0.2) is 47.4 Å². The van der Waals surface area contributed by atoms with Gasteiger partial charge in [0, 0.05) is 0 Å². The molecule has 0 saturated heterocycles. The first-order valence-electron chi connectivity index (χ1n) is 6.49. The molecule has 0 aliphatic carbocycles. The summed E-state index contributed by atoms with van der Waals surface area (Å²) in [6.07, 6.45) is 0. The predicted octanol–water partition coefficient (Wildman–Crippen LogP) is 1.35. The minimum atomic E-state index is -4.15. The molecule has 8 heteroatoms. The van der Waals surface area contributed by atoms with Gasteiger partial charge in [-0.2, -0.15) is 8.42 Å². The van der Waals surface area contributed by atoms with Gasteiger partial charge in [-0.05, 0) is 36.4 Å². The monoisotopic (exact) mass is 333 g/mol. The van der Waals surface area contributed by atoms with Gasteiger partial charge in [0.05, 0.1) is 18.2 Å². The molecule has 1 aliphatic rings. The molecule has 7 nitrogen and oxygen atoms in total. The molecule has 0 saturated carbocycles. The number of hydrogen-bond donors (Lipinski definition) is 1. The van der Waals surface area contributed by atoms with Crippen molar-refractivity contribution in [1.82, 2.24) is 5.32 Å². The van der Waals surface area contributed by atoms with E-state index >= 15 is 0 Å². The first-order chi connectivity index (χ1) is 10.9. The summed E-state index contributed by atoms with van der Waals surface area (Å²) in [5, 5.41) is 2.09. The van der Waals surface area contributed by atoms with Gasteiger partial charge in [0.1, 0.15) is 10.6 Å². The summed E-state index contributed by atoms with van der Waals surface area (Å²) in [4.78, 5) is 23.3. The molecule has 0 radical (unpaired) electrons. The second kappa shape index (κ2) is 5.40. The highest BCUT2D eigenvalue weighted by Gasteiger charge is 2.32. The summed E-state index contributed by atoms with van der Waals surface area (Å²) < 4.78 is 34.6. The molecule has 1 N–H and O–H groups in total. The van der Waals surface area contributed by atoms with E-state index in [0.29, 0.717) is 5.75 Å². The molecule has 0 atom stereocenters. The number of methoxy groups -OCH3 is 1. The summed E-state index contributed by atoms with van der Waals surface area (Å²) >= 11 is 0. The Morgan fingerprint density at radius 1 is 0.957 bits per heavy atom. The largest absolute Gasteiger partial charge is 0.497 e. The van der Waals surface area contributed by atoms with Gasteiger partial charge in [-0.25, -0.2) is 0 Å². The lowest BCUT2D eigenvalue weighted by Gasteiger charge is -2.09. The highest BCUT2D eigenvalue weighted by atomic mass is 32.2. The van der Waals surface area contributed by atoms with Crippen molar-refractivity contribution in [2.75, 3.05) is 7.11 Å². The number of rotatable bonds is 4. The van der Waals surface area contributed by atoms with Crippen LogP contribution >= 0.6 is 0 Å². The second-order valence-corrected chi connectivity index (χ2v) is 6.22. The topological polar surface area (TPSA) is 98.8 Å². The maximum absolute atomic E-state index is 12.3. The minimum absolute atomic E-state index is 0.0810. The Morgan fingerprint density at radius 2 is 1.65 bits per heavy atom. The molecule has 118 valence electrons. The van der Waals surface area contributed by atoms with Gasteiger partial charge < -0.3 is 8.92 Å². The van der Waals surface area contributed by atoms with Gasteiger partial charge in [0.15, 0.2) is 5.75 Å². The summed E-state index contributed by atoms with van der Waals surface area (Å²) in [5.41, 5.74) is -0.00739. The molecule has 1 heterocycles. The number of ether oxygens (including phenoxy) is 1.